The summed E-state index contributed by atoms with van der Waals surface area (Å²) in [5.74, 6) is 0. The number of hydrogen-bond acceptors (Lipinski definition) is 3. The maximum atomic E-state index is 5.75. The summed E-state index contributed by atoms with van der Waals surface area (Å²) in [6.07, 6.45) is 2.57. The van der Waals surface area contributed by atoms with Crippen molar-refractivity contribution in [2.45, 2.75) is 52.2 Å². The lowest BCUT2D eigenvalue weighted by molar-refractivity contribution is -0.00523. The minimum Gasteiger partial charge on any atom is -0.372 e. The normalized spacial score (nSPS) is 25.3. The van der Waals surface area contributed by atoms with E-state index in [0.29, 0.717) is 0 Å². The molecule has 0 saturated carbocycles. The Balaban J connectivity index is 2.14. The number of ether oxygens (including phenoxy) is 1. The van der Waals surface area contributed by atoms with Gasteiger partial charge >= 0.3 is 0 Å². The molecule has 2 rings (SSSR count). The Morgan fingerprint density at radius 3 is 2.22 bits per heavy atom. The van der Waals surface area contributed by atoms with Crippen molar-refractivity contribution in [2.75, 3.05) is 18.0 Å². The molecule has 0 bridgehead atoms. The minimum absolute atomic E-state index is 0.115. The molecule has 0 aliphatic carbocycles. The molecule has 0 N–H and O–H groups in total. The first kappa shape index (κ1) is 13.3. The van der Waals surface area contributed by atoms with E-state index in [9.17, 15) is 0 Å². The van der Waals surface area contributed by atoms with E-state index in [4.69, 9.17) is 4.74 Å². The summed E-state index contributed by atoms with van der Waals surface area (Å²) in [6.45, 7) is 12.7. The predicted molar refractivity (Wildman–Crippen MR) is 75.2 cm³/mol. The first-order valence-electron chi connectivity index (χ1n) is 6.73. The fourth-order valence-corrected chi connectivity index (χ4v) is 2.41. The third kappa shape index (κ3) is 3.02. The number of hydrogen-bond donors (Lipinski definition) is 0. The molecule has 1 aromatic heterocycles. The zero-order chi connectivity index (χ0) is 13.3. The Kier molecular flexibility index (Phi) is 3.62. The summed E-state index contributed by atoms with van der Waals surface area (Å²) in [6, 6.07) is 4.32. The number of rotatable bonds is 1. The fraction of sp³-hybridized carbons (Fsp3) is 0.667. The summed E-state index contributed by atoms with van der Waals surface area (Å²) < 4.78 is 5.75. The summed E-state index contributed by atoms with van der Waals surface area (Å²) >= 11 is 0. The molecule has 0 radical (unpaired) electrons. The first-order valence-corrected chi connectivity index (χ1v) is 6.73. The Labute approximate surface area is 110 Å². The van der Waals surface area contributed by atoms with Crippen molar-refractivity contribution >= 4 is 5.69 Å². The van der Waals surface area contributed by atoms with Crippen LogP contribution in [0.4, 0.5) is 5.69 Å². The van der Waals surface area contributed by atoms with Gasteiger partial charge in [0.1, 0.15) is 0 Å². The molecule has 0 spiro atoms. The second kappa shape index (κ2) is 4.88. The van der Waals surface area contributed by atoms with Crippen LogP contribution < -0.4 is 4.90 Å². The van der Waals surface area contributed by atoms with E-state index in [1.165, 1.54) is 5.69 Å². The van der Waals surface area contributed by atoms with E-state index < -0.39 is 0 Å². The molecular weight excluding hydrogens is 224 g/mol. The second-order valence-corrected chi connectivity index (χ2v) is 6.31. The molecule has 18 heavy (non-hydrogen) atoms. The number of pyridine rings is 1. The van der Waals surface area contributed by atoms with Gasteiger partial charge in [-0.05, 0) is 26.0 Å². The van der Waals surface area contributed by atoms with E-state index in [1.54, 1.807) is 0 Å². The number of anilines is 1. The number of morpholine rings is 1. The first-order chi connectivity index (χ1) is 8.36. The average molecular weight is 248 g/mol. The maximum Gasteiger partial charge on any atom is 0.0726 e. The molecule has 0 amide bonds. The average Bonchev–Trinajstić information content (AvgIpc) is 2.27. The lowest BCUT2D eigenvalue weighted by atomic mass is 9.92. The fourth-order valence-electron chi connectivity index (χ4n) is 2.41. The number of nitrogens with zero attached hydrogens (tertiary/aromatic N) is 2. The van der Waals surface area contributed by atoms with Crippen LogP contribution in [0.3, 0.4) is 0 Å². The molecule has 1 saturated heterocycles. The third-order valence-corrected chi connectivity index (χ3v) is 3.30. The van der Waals surface area contributed by atoms with Gasteiger partial charge in [0.15, 0.2) is 0 Å². The highest BCUT2D eigenvalue weighted by Crippen LogP contribution is 2.24. The molecule has 1 aliphatic heterocycles. The Morgan fingerprint density at radius 2 is 1.78 bits per heavy atom. The van der Waals surface area contributed by atoms with Gasteiger partial charge in [-0.2, -0.15) is 0 Å². The van der Waals surface area contributed by atoms with Gasteiger partial charge in [0.05, 0.1) is 24.1 Å². The SMILES string of the molecule is C[C@@H]1CN(c2ccc(C(C)(C)C)nc2)C[C@@H](C)O1. The summed E-state index contributed by atoms with van der Waals surface area (Å²) in [5, 5.41) is 0. The van der Waals surface area contributed by atoms with Gasteiger partial charge in [-0.15, -0.1) is 0 Å². The van der Waals surface area contributed by atoms with E-state index in [2.05, 4.69) is 56.6 Å². The van der Waals surface area contributed by atoms with Crippen molar-refractivity contribution in [3.05, 3.63) is 24.0 Å². The zero-order valence-corrected chi connectivity index (χ0v) is 12.1. The van der Waals surface area contributed by atoms with Crippen LogP contribution in [-0.4, -0.2) is 30.3 Å². The Hall–Kier alpha value is -1.09. The second-order valence-electron chi connectivity index (χ2n) is 6.31. The molecule has 1 aromatic rings. The van der Waals surface area contributed by atoms with E-state index >= 15 is 0 Å². The van der Waals surface area contributed by atoms with Gasteiger partial charge in [0.25, 0.3) is 0 Å². The minimum atomic E-state index is 0.115. The van der Waals surface area contributed by atoms with Crippen molar-refractivity contribution in [1.29, 1.82) is 0 Å². The van der Waals surface area contributed by atoms with Crippen LogP contribution in [0.5, 0.6) is 0 Å². The van der Waals surface area contributed by atoms with Crippen LogP contribution >= 0.6 is 0 Å². The highest BCUT2D eigenvalue weighted by Gasteiger charge is 2.23. The molecule has 0 unspecified atom stereocenters. The third-order valence-electron chi connectivity index (χ3n) is 3.30. The Bertz CT molecular complexity index is 384. The van der Waals surface area contributed by atoms with E-state index in [-0.39, 0.29) is 17.6 Å². The molecule has 1 aliphatic rings. The molecule has 100 valence electrons. The largest absolute Gasteiger partial charge is 0.372 e. The number of aromatic nitrogens is 1. The van der Waals surface area contributed by atoms with Crippen molar-refractivity contribution < 1.29 is 4.74 Å². The molecule has 0 aromatic carbocycles. The van der Waals surface area contributed by atoms with Crippen molar-refractivity contribution in [3.63, 3.8) is 0 Å². The quantitative estimate of drug-likeness (QED) is 0.764. The van der Waals surface area contributed by atoms with Crippen LogP contribution in [0.2, 0.25) is 0 Å². The van der Waals surface area contributed by atoms with Gasteiger partial charge in [0.2, 0.25) is 0 Å². The topological polar surface area (TPSA) is 25.4 Å². The molecule has 3 heteroatoms. The highest BCUT2D eigenvalue weighted by molar-refractivity contribution is 5.45. The summed E-state index contributed by atoms with van der Waals surface area (Å²) in [4.78, 5) is 6.95. The zero-order valence-electron chi connectivity index (χ0n) is 12.1. The summed E-state index contributed by atoms with van der Waals surface area (Å²) in [7, 11) is 0. The predicted octanol–water partition coefficient (Wildman–Crippen LogP) is 2.99. The van der Waals surface area contributed by atoms with E-state index in [1.807, 2.05) is 6.20 Å². The van der Waals surface area contributed by atoms with Crippen LogP contribution in [0, 0.1) is 0 Å². The van der Waals surface area contributed by atoms with Crippen molar-refractivity contribution in [1.82, 2.24) is 4.98 Å². The molecule has 3 nitrogen and oxygen atoms in total. The molecule has 1 fully saturated rings. The molecule has 2 heterocycles. The molecule has 2 atom stereocenters. The monoisotopic (exact) mass is 248 g/mol. The maximum absolute atomic E-state index is 5.75. The van der Waals surface area contributed by atoms with Crippen molar-refractivity contribution in [3.8, 4) is 0 Å². The van der Waals surface area contributed by atoms with Gasteiger partial charge < -0.3 is 9.64 Å². The van der Waals surface area contributed by atoms with E-state index in [0.717, 1.165) is 18.8 Å². The van der Waals surface area contributed by atoms with Gasteiger partial charge in [-0.25, -0.2) is 0 Å². The summed E-state index contributed by atoms with van der Waals surface area (Å²) in [5.41, 5.74) is 2.45. The lowest BCUT2D eigenvalue weighted by Gasteiger charge is -2.36. The lowest BCUT2D eigenvalue weighted by Crippen LogP contribution is -2.45. The molecular formula is C15H24N2O. The standard InChI is InChI=1S/C15H24N2O/c1-11-9-17(10-12(2)18-11)13-6-7-14(16-8-13)15(3,4)5/h6-8,11-12H,9-10H2,1-5H3/t11-,12-/m1/s1. The van der Waals surface area contributed by atoms with Gasteiger partial charge in [-0.1, -0.05) is 20.8 Å². The van der Waals surface area contributed by atoms with Gasteiger partial charge in [-0.3, -0.25) is 4.98 Å². The van der Waals surface area contributed by atoms with Crippen LogP contribution in [0.25, 0.3) is 0 Å². The van der Waals surface area contributed by atoms with Gasteiger partial charge in [0, 0.05) is 24.2 Å². The van der Waals surface area contributed by atoms with Crippen LogP contribution in [-0.2, 0) is 10.2 Å². The Morgan fingerprint density at radius 1 is 1.17 bits per heavy atom. The van der Waals surface area contributed by atoms with Crippen LogP contribution in [0.15, 0.2) is 18.3 Å². The smallest absolute Gasteiger partial charge is 0.0726 e. The highest BCUT2D eigenvalue weighted by atomic mass is 16.5. The van der Waals surface area contributed by atoms with Crippen LogP contribution in [0.1, 0.15) is 40.3 Å². The van der Waals surface area contributed by atoms with Crippen molar-refractivity contribution in [2.24, 2.45) is 0 Å².